The van der Waals surface area contributed by atoms with Gasteiger partial charge in [-0.1, -0.05) is 0 Å². The number of alkyl halides is 16. The quantitative estimate of drug-likeness (QED) is 0.191. The highest BCUT2D eigenvalue weighted by Gasteiger charge is 2.85. The lowest BCUT2D eigenvalue weighted by Crippen LogP contribution is -2.64. The largest absolute Gasteiger partial charge is 0.492 e. The predicted octanol–water partition coefficient (Wildman–Crippen LogP) is 6.89. The standard InChI is InChI=1S/C14H12F16O3/c1-7(15)4-2-3-5-31-6-8(16,17)32-13(27,28)14(29,30)33-12(25,26)10(20,21)9(18,19)11(22,23)24/h3,5,7H,2,4,6H2,1H3/b5-3+. The van der Waals surface area contributed by atoms with E-state index in [2.05, 4.69) is 9.47 Å². The summed E-state index contributed by atoms with van der Waals surface area (Å²) in [7, 11) is 0. The number of halogens is 16. The summed E-state index contributed by atoms with van der Waals surface area (Å²) in [4.78, 5) is 0. The number of hydrogen-bond acceptors (Lipinski definition) is 3. The Hall–Kier alpha value is -1.66. The molecule has 0 bridgehead atoms. The van der Waals surface area contributed by atoms with Crippen LogP contribution < -0.4 is 0 Å². The minimum atomic E-state index is -7.91. The summed E-state index contributed by atoms with van der Waals surface area (Å²) >= 11 is 0. The van der Waals surface area contributed by atoms with Gasteiger partial charge in [-0.15, -0.1) is 0 Å². The molecule has 0 saturated heterocycles. The fraction of sp³-hybridized carbons (Fsp3) is 0.857. The van der Waals surface area contributed by atoms with E-state index in [4.69, 9.17) is 0 Å². The summed E-state index contributed by atoms with van der Waals surface area (Å²) in [6, 6.07) is 0. The first-order valence-electron chi connectivity index (χ1n) is 7.97. The van der Waals surface area contributed by atoms with E-state index in [1.54, 1.807) is 0 Å². The Balaban J connectivity index is 5.45. The maximum Gasteiger partial charge on any atom is 0.460 e. The third-order valence-electron chi connectivity index (χ3n) is 3.16. The topological polar surface area (TPSA) is 27.7 Å². The van der Waals surface area contributed by atoms with Crippen molar-refractivity contribution in [2.45, 2.75) is 68.4 Å². The van der Waals surface area contributed by atoms with Crippen molar-refractivity contribution in [2.24, 2.45) is 0 Å². The van der Waals surface area contributed by atoms with Gasteiger partial charge in [-0.3, -0.25) is 0 Å². The van der Waals surface area contributed by atoms with E-state index in [1.165, 1.54) is 4.74 Å². The van der Waals surface area contributed by atoms with Crippen LogP contribution in [0.1, 0.15) is 19.8 Å². The molecule has 1 unspecified atom stereocenters. The number of allylic oxidation sites excluding steroid dienone is 1. The van der Waals surface area contributed by atoms with Gasteiger partial charge in [-0.25, -0.2) is 13.9 Å². The summed E-state index contributed by atoms with van der Waals surface area (Å²) in [5, 5.41) is 0. The Kier molecular flexibility index (Phi) is 9.41. The molecule has 19 heteroatoms. The van der Waals surface area contributed by atoms with Gasteiger partial charge >= 0.3 is 42.5 Å². The molecule has 0 saturated carbocycles. The fourth-order valence-electron chi connectivity index (χ4n) is 1.53. The molecule has 0 rings (SSSR count). The molecule has 0 aromatic carbocycles. The predicted molar refractivity (Wildman–Crippen MR) is 72.8 cm³/mol. The maximum atomic E-state index is 13.2. The van der Waals surface area contributed by atoms with Crippen LogP contribution in [-0.4, -0.2) is 55.2 Å². The zero-order chi connectivity index (χ0) is 26.7. The van der Waals surface area contributed by atoms with Crippen LogP contribution in [0.2, 0.25) is 0 Å². The molecule has 0 spiro atoms. The van der Waals surface area contributed by atoms with Gasteiger partial charge in [-0.2, -0.15) is 65.9 Å². The molecule has 0 radical (unpaired) electrons. The number of rotatable bonds is 13. The number of ether oxygens (including phenoxy) is 3. The lowest BCUT2D eigenvalue weighted by atomic mass is 10.1. The van der Waals surface area contributed by atoms with Gasteiger partial charge in [0.15, 0.2) is 6.61 Å². The van der Waals surface area contributed by atoms with Crippen molar-refractivity contribution in [3.8, 4) is 0 Å². The molecule has 0 aliphatic heterocycles. The van der Waals surface area contributed by atoms with E-state index >= 15 is 0 Å². The maximum absolute atomic E-state index is 13.2. The lowest BCUT2D eigenvalue weighted by molar-refractivity contribution is -0.542. The van der Waals surface area contributed by atoms with Gasteiger partial charge in [-0.05, 0) is 25.8 Å². The molecule has 0 N–H and O–H groups in total. The first-order valence-corrected chi connectivity index (χ1v) is 7.97. The highest BCUT2D eigenvalue weighted by molar-refractivity contribution is 4.97. The second kappa shape index (κ2) is 9.91. The molecule has 3 nitrogen and oxygen atoms in total. The molecule has 0 heterocycles. The molecule has 0 aromatic heterocycles. The van der Waals surface area contributed by atoms with Crippen molar-refractivity contribution in [3.05, 3.63) is 12.3 Å². The minimum absolute atomic E-state index is 0.141. The summed E-state index contributed by atoms with van der Waals surface area (Å²) in [5.41, 5.74) is 0. The van der Waals surface area contributed by atoms with Crippen LogP contribution in [0.25, 0.3) is 0 Å². The molecular weight excluding hydrogens is 520 g/mol. The van der Waals surface area contributed by atoms with Gasteiger partial charge in [0.05, 0.1) is 12.4 Å². The molecular formula is C14H12F16O3. The summed E-state index contributed by atoms with van der Waals surface area (Å²) in [6.07, 6.45) is -35.5. The molecule has 0 amide bonds. The Morgan fingerprint density at radius 2 is 1.12 bits per heavy atom. The normalized spacial score (nSPS) is 16.4. The molecule has 0 aromatic rings. The molecule has 0 fully saturated rings. The van der Waals surface area contributed by atoms with Crippen molar-refractivity contribution in [1.29, 1.82) is 0 Å². The van der Waals surface area contributed by atoms with Crippen LogP contribution in [0.5, 0.6) is 0 Å². The lowest BCUT2D eigenvalue weighted by Gasteiger charge is -2.36. The number of hydrogen-bond donors (Lipinski definition) is 0. The van der Waals surface area contributed by atoms with Gasteiger partial charge in [0.1, 0.15) is 0 Å². The Labute approximate surface area is 173 Å². The zero-order valence-electron chi connectivity index (χ0n) is 15.6. The smallest absolute Gasteiger partial charge is 0.460 e. The van der Waals surface area contributed by atoms with Crippen LogP contribution in [0.3, 0.4) is 0 Å². The van der Waals surface area contributed by atoms with Crippen molar-refractivity contribution in [3.63, 3.8) is 0 Å². The van der Waals surface area contributed by atoms with Crippen LogP contribution >= 0.6 is 0 Å². The third kappa shape index (κ3) is 7.68. The Bertz CT molecular complexity index is 655. The molecule has 0 aliphatic carbocycles. The van der Waals surface area contributed by atoms with Crippen molar-refractivity contribution < 1.29 is 84.5 Å². The summed E-state index contributed by atoms with van der Waals surface area (Å²) in [5.74, 6) is -15.7. The Morgan fingerprint density at radius 1 is 0.667 bits per heavy atom. The van der Waals surface area contributed by atoms with Crippen LogP contribution in [-0.2, 0) is 14.2 Å². The second-order valence-electron chi connectivity index (χ2n) is 6.08. The monoisotopic (exact) mass is 532 g/mol. The first-order chi connectivity index (χ1) is 14.3. The zero-order valence-corrected chi connectivity index (χ0v) is 15.6. The average molecular weight is 532 g/mol. The van der Waals surface area contributed by atoms with Gasteiger partial charge in [0.2, 0.25) is 0 Å². The average Bonchev–Trinajstić information content (AvgIpc) is 2.54. The highest BCUT2D eigenvalue weighted by Crippen LogP contribution is 2.55. The van der Waals surface area contributed by atoms with E-state index in [9.17, 15) is 70.2 Å². The van der Waals surface area contributed by atoms with Gasteiger partial charge in [0.25, 0.3) is 0 Å². The molecule has 198 valence electrons. The van der Waals surface area contributed by atoms with Crippen molar-refractivity contribution in [1.82, 2.24) is 0 Å². The van der Waals surface area contributed by atoms with E-state index in [0.29, 0.717) is 6.26 Å². The van der Waals surface area contributed by atoms with Crippen molar-refractivity contribution >= 4 is 0 Å². The Morgan fingerprint density at radius 3 is 1.55 bits per heavy atom. The molecule has 1 atom stereocenters. The fourth-order valence-corrected chi connectivity index (χ4v) is 1.53. The van der Waals surface area contributed by atoms with Crippen LogP contribution in [0.15, 0.2) is 12.3 Å². The molecule has 33 heavy (non-hydrogen) atoms. The van der Waals surface area contributed by atoms with E-state index in [0.717, 1.165) is 13.0 Å². The van der Waals surface area contributed by atoms with E-state index in [-0.39, 0.29) is 12.8 Å². The molecule has 0 aliphatic rings. The van der Waals surface area contributed by atoms with Crippen molar-refractivity contribution in [2.75, 3.05) is 6.61 Å². The van der Waals surface area contributed by atoms with Crippen LogP contribution in [0.4, 0.5) is 70.2 Å². The van der Waals surface area contributed by atoms with E-state index in [1.807, 2.05) is 0 Å². The van der Waals surface area contributed by atoms with E-state index < -0.39 is 55.2 Å². The first kappa shape index (κ1) is 31.3. The SMILES string of the molecule is CC(F)CC/C=C/OCC(F)(F)OC(F)(F)C(F)(F)OC(F)(F)C(F)(F)C(F)(F)C(F)(F)F. The van der Waals surface area contributed by atoms with Gasteiger partial charge < -0.3 is 4.74 Å². The summed E-state index contributed by atoms with van der Waals surface area (Å²) in [6.45, 7) is -1.25. The summed E-state index contributed by atoms with van der Waals surface area (Å²) < 4.78 is 211. The third-order valence-corrected chi connectivity index (χ3v) is 3.16. The second-order valence-corrected chi connectivity index (χ2v) is 6.08. The van der Waals surface area contributed by atoms with Gasteiger partial charge in [0, 0.05) is 0 Å². The minimum Gasteiger partial charge on any atom is -0.492 e. The highest BCUT2D eigenvalue weighted by atomic mass is 19.4. The van der Waals surface area contributed by atoms with Crippen LogP contribution in [0, 0.1) is 0 Å².